The molecule has 0 radical (unpaired) electrons. The highest BCUT2D eigenvalue weighted by atomic mass is 35.5. The first-order valence-electron chi connectivity index (χ1n) is 10.6. The Balaban J connectivity index is 1.58. The molecule has 1 aliphatic rings. The van der Waals surface area contributed by atoms with Gasteiger partial charge in [0.05, 0.1) is 11.1 Å². The molecule has 3 aromatic rings. The molecule has 1 aliphatic carbocycles. The van der Waals surface area contributed by atoms with Crippen LogP contribution in [0.4, 0.5) is 17.6 Å². The Labute approximate surface area is 212 Å². The molecule has 1 atom stereocenters. The van der Waals surface area contributed by atoms with E-state index in [-0.39, 0.29) is 29.3 Å². The summed E-state index contributed by atoms with van der Waals surface area (Å²) in [6.07, 6.45) is -5.03. The van der Waals surface area contributed by atoms with Crippen molar-refractivity contribution in [1.82, 2.24) is 20.8 Å². The molecule has 1 fully saturated rings. The number of aryl methyl sites for hydroxylation is 1. The highest BCUT2D eigenvalue weighted by molar-refractivity contribution is 6.37. The van der Waals surface area contributed by atoms with E-state index in [0.717, 1.165) is 0 Å². The topological polar surface area (TPSA) is 97.1 Å². The predicted molar refractivity (Wildman–Crippen MR) is 123 cm³/mol. The lowest BCUT2D eigenvalue weighted by molar-refractivity contribution is -0.175. The third-order valence-electron chi connectivity index (χ3n) is 5.73. The quantitative estimate of drug-likeness (QED) is 0.397. The van der Waals surface area contributed by atoms with Crippen molar-refractivity contribution in [3.8, 4) is 22.5 Å². The first kappa shape index (κ1) is 25.9. The van der Waals surface area contributed by atoms with E-state index in [1.807, 2.05) is 0 Å². The molecule has 1 saturated carbocycles. The number of hydrogen-bond acceptors (Lipinski definition) is 5. The molecule has 2 aromatic carbocycles. The van der Waals surface area contributed by atoms with Crippen molar-refractivity contribution < 1.29 is 31.7 Å². The predicted octanol–water partition coefficient (Wildman–Crippen LogP) is 5.55. The van der Waals surface area contributed by atoms with E-state index in [4.69, 9.17) is 27.7 Å². The van der Waals surface area contributed by atoms with Crippen LogP contribution >= 0.6 is 23.2 Å². The fourth-order valence-corrected chi connectivity index (χ4v) is 4.29. The standard InChI is InChI=1S/C23H18Cl2F4N4O3/c1-10(30-20(34)22(5-6-22)32-21(35)23(27,28)29)14-4-3-12(7-17(14)26)15-8-13(24)9-16(25)18(15)19-31-11(2)36-33-19/h3-4,7-10H,5-6H2,1-2H3,(H,30,34)(H,32,35)/t10-/m1/s1. The van der Waals surface area contributed by atoms with E-state index < -0.39 is 35.4 Å². The van der Waals surface area contributed by atoms with Crippen LogP contribution in [0, 0.1) is 12.7 Å². The van der Waals surface area contributed by atoms with Gasteiger partial charge in [-0.15, -0.1) is 0 Å². The van der Waals surface area contributed by atoms with Crippen LogP contribution in [0.3, 0.4) is 0 Å². The molecule has 36 heavy (non-hydrogen) atoms. The van der Waals surface area contributed by atoms with Crippen molar-refractivity contribution in [3.05, 3.63) is 57.6 Å². The van der Waals surface area contributed by atoms with E-state index in [0.29, 0.717) is 27.6 Å². The number of nitrogens with zero attached hydrogens (tertiary/aromatic N) is 2. The summed E-state index contributed by atoms with van der Waals surface area (Å²) in [5, 5.41) is 8.59. The van der Waals surface area contributed by atoms with Crippen molar-refractivity contribution in [1.29, 1.82) is 0 Å². The number of nitrogens with one attached hydrogen (secondary N) is 2. The Hall–Kier alpha value is -3.18. The summed E-state index contributed by atoms with van der Waals surface area (Å²) >= 11 is 12.5. The van der Waals surface area contributed by atoms with E-state index in [1.54, 1.807) is 24.4 Å². The minimum Gasteiger partial charge on any atom is -0.347 e. The summed E-state index contributed by atoms with van der Waals surface area (Å²) in [6.45, 7) is 3.08. The largest absolute Gasteiger partial charge is 0.471 e. The number of amides is 2. The van der Waals surface area contributed by atoms with Crippen molar-refractivity contribution in [2.75, 3.05) is 0 Å². The molecule has 1 heterocycles. The minimum absolute atomic E-state index is 0.0443. The van der Waals surface area contributed by atoms with Crippen LogP contribution < -0.4 is 10.6 Å². The van der Waals surface area contributed by atoms with E-state index in [1.165, 1.54) is 25.1 Å². The molecule has 2 amide bonds. The molecular weight excluding hydrogens is 527 g/mol. The van der Waals surface area contributed by atoms with Crippen molar-refractivity contribution in [2.45, 2.75) is 44.4 Å². The number of halogens is 6. The van der Waals surface area contributed by atoms with Crippen LogP contribution in [-0.4, -0.2) is 33.7 Å². The lowest BCUT2D eigenvalue weighted by Crippen LogP contribution is -2.53. The molecule has 190 valence electrons. The van der Waals surface area contributed by atoms with Gasteiger partial charge in [-0.2, -0.15) is 18.2 Å². The maximum Gasteiger partial charge on any atom is 0.471 e. The number of alkyl halides is 3. The van der Waals surface area contributed by atoms with E-state index in [9.17, 15) is 22.8 Å². The van der Waals surface area contributed by atoms with Gasteiger partial charge in [-0.25, -0.2) is 4.39 Å². The van der Waals surface area contributed by atoms with Crippen LogP contribution in [0.15, 0.2) is 34.9 Å². The monoisotopic (exact) mass is 544 g/mol. The Morgan fingerprint density at radius 1 is 1.17 bits per heavy atom. The van der Waals surface area contributed by atoms with Gasteiger partial charge in [0.15, 0.2) is 0 Å². The first-order valence-corrected chi connectivity index (χ1v) is 11.4. The fourth-order valence-electron chi connectivity index (χ4n) is 3.71. The zero-order valence-electron chi connectivity index (χ0n) is 18.8. The summed E-state index contributed by atoms with van der Waals surface area (Å²) in [5.74, 6) is -3.24. The number of rotatable bonds is 6. The average Bonchev–Trinajstić information content (AvgIpc) is 3.44. The smallest absolute Gasteiger partial charge is 0.347 e. The van der Waals surface area contributed by atoms with Crippen LogP contribution in [0.2, 0.25) is 10.0 Å². The summed E-state index contributed by atoms with van der Waals surface area (Å²) in [7, 11) is 0. The summed E-state index contributed by atoms with van der Waals surface area (Å²) in [4.78, 5) is 28.0. The molecule has 7 nitrogen and oxygen atoms in total. The third-order valence-corrected chi connectivity index (χ3v) is 6.24. The van der Waals surface area contributed by atoms with Crippen LogP contribution in [0.25, 0.3) is 22.5 Å². The van der Waals surface area contributed by atoms with Gasteiger partial charge in [0.2, 0.25) is 17.6 Å². The van der Waals surface area contributed by atoms with Crippen LogP contribution in [0.1, 0.15) is 37.3 Å². The Morgan fingerprint density at radius 3 is 2.42 bits per heavy atom. The Kier molecular flexibility index (Phi) is 6.74. The fraction of sp³-hybridized carbons (Fsp3) is 0.304. The van der Waals surface area contributed by atoms with Gasteiger partial charge in [-0.1, -0.05) is 40.5 Å². The molecule has 0 saturated heterocycles. The molecule has 4 rings (SSSR count). The average molecular weight is 545 g/mol. The van der Waals surface area contributed by atoms with E-state index >= 15 is 4.39 Å². The zero-order chi connectivity index (χ0) is 26.4. The molecule has 13 heteroatoms. The van der Waals surface area contributed by atoms with Gasteiger partial charge >= 0.3 is 12.1 Å². The first-order chi connectivity index (χ1) is 16.8. The van der Waals surface area contributed by atoms with Crippen LogP contribution in [0.5, 0.6) is 0 Å². The molecule has 0 aliphatic heterocycles. The highest BCUT2D eigenvalue weighted by Crippen LogP contribution is 2.40. The summed E-state index contributed by atoms with van der Waals surface area (Å²) < 4.78 is 58.0. The molecule has 1 aromatic heterocycles. The van der Waals surface area contributed by atoms with Gasteiger partial charge in [0.25, 0.3) is 0 Å². The van der Waals surface area contributed by atoms with Gasteiger partial charge in [0.1, 0.15) is 11.4 Å². The molecule has 0 bridgehead atoms. The molecule has 0 spiro atoms. The number of benzene rings is 2. The number of carbonyl (C=O) groups is 2. The number of carbonyl (C=O) groups excluding carboxylic acids is 2. The van der Waals surface area contributed by atoms with Gasteiger partial charge in [-0.3, -0.25) is 9.59 Å². The number of hydrogen-bond donors (Lipinski definition) is 2. The maximum atomic E-state index is 15.2. The normalized spacial score (nSPS) is 15.3. The molecule has 0 unspecified atom stereocenters. The number of aromatic nitrogens is 2. The maximum absolute atomic E-state index is 15.2. The van der Waals surface area contributed by atoms with Gasteiger partial charge in [0, 0.05) is 23.1 Å². The highest BCUT2D eigenvalue weighted by Gasteiger charge is 2.55. The second-order valence-electron chi connectivity index (χ2n) is 8.41. The van der Waals surface area contributed by atoms with Crippen LogP contribution in [-0.2, 0) is 9.59 Å². The summed E-state index contributed by atoms with van der Waals surface area (Å²) in [6, 6.07) is 6.33. The van der Waals surface area contributed by atoms with E-state index in [2.05, 4.69) is 15.5 Å². The minimum atomic E-state index is -5.12. The Bertz CT molecular complexity index is 1360. The lowest BCUT2D eigenvalue weighted by atomic mass is 9.96. The SMILES string of the molecule is Cc1nc(-c2c(Cl)cc(Cl)cc2-c2ccc([C@@H](C)NC(=O)C3(NC(=O)C(F)(F)F)CC3)c(F)c2)no1. The second kappa shape index (κ2) is 9.36. The lowest BCUT2D eigenvalue weighted by Gasteiger charge is -2.22. The van der Waals surface area contributed by atoms with Gasteiger partial charge < -0.3 is 15.2 Å². The van der Waals surface area contributed by atoms with Gasteiger partial charge in [-0.05, 0) is 49.1 Å². The molecule has 2 N–H and O–H groups in total. The molecular formula is C23H18Cl2F4N4O3. The Morgan fingerprint density at radius 2 is 1.86 bits per heavy atom. The third kappa shape index (κ3) is 5.17. The summed E-state index contributed by atoms with van der Waals surface area (Å²) in [5.41, 5.74) is -0.389. The second-order valence-corrected chi connectivity index (χ2v) is 9.26. The van der Waals surface area contributed by atoms with Crippen molar-refractivity contribution in [3.63, 3.8) is 0 Å². The zero-order valence-corrected chi connectivity index (χ0v) is 20.3. The van der Waals surface area contributed by atoms with Crippen molar-refractivity contribution in [2.24, 2.45) is 0 Å². The van der Waals surface area contributed by atoms with Crippen molar-refractivity contribution >= 4 is 35.0 Å².